The van der Waals surface area contributed by atoms with Gasteiger partial charge in [-0.2, -0.15) is 0 Å². The van der Waals surface area contributed by atoms with E-state index in [-0.39, 0.29) is 6.03 Å². The largest absolute Gasteiger partial charge is 0.341 e. The second kappa shape index (κ2) is 7.77. The summed E-state index contributed by atoms with van der Waals surface area (Å²) >= 11 is 0. The summed E-state index contributed by atoms with van der Waals surface area (Å²) in [6.07, 6.45) is 5.60. The Morgan fingerprint density at radius 2 is 1.96 bits per heavy atom. The zero-order chi connectivity index (χ0) is 16.8. The van der Waals surface area contributed by atoms with Gasteiger partial charge >= 0.3 is 6.03 Å². The highest BCUT2D eigenvalue weighted by atomic mass is 16.2. The van der Waals surface area contributed by atoms with Crippen molar-refractivity contribution in [2.45, 2.75) is 19.8 Å². The van der Waals surface area contributed by atoms with Crippen LogP contribution in [0.3, 0.4) is 0 Å². The van der Waals surface area contributed by atoms with Crippen molar-refractivity contribution in [2.24, 2.45) is 5.92 Å². The van der Waals surface area contributed by atoms with Crippen molar-refractivity contribution in [3.05, 3.63) is 48.3 Å². The standard InChI is InChI=1S/C18H23N5O/c1-14-4-2-5-16(12-14)22-18(24)21-13-15-6-10-23(11-7-15)17-19-8-3-9-20-17/h2-5,8-9,12,15H,6-7,10-11,13H2,1H3,(H2,21,22,24). The summed E-state index contributed by atoms with van der Waals surface area (Å²) in [6, 6.07) is 9.48. The molecule has 0 saturated carbocycles. The monoisotopic (exact) mass is 325 g/mol. The Morgan fingerprint density at radius 3 is 2.67 bits per heavy atom. The van der Waals surface area contributed by atoms with E-state index in [1.54, 1.807) is 12.4 Å². The number of amides is 2. The maximum Gasteiger partial charge on any atom is 0.319 e. The average molecular weight is 325 g/mol. The van der Waals surface area contributed by atoms with Crippen LogP contribution in [0.25, 0.3) is 0 Å². The van der Waals surface area contributed by atoms with E-state index in [9.17, 15) is 4.79 Å². The summed E-state index contributed by atoms with van der Waals surface area (Å²) in [5, 5.41) is 5.85. The molecule has 1 aromatic carbocycles. The third-order valence-electron chi connectivity index (χ3n) is 4.28. The molecule has 2 N–H and O–H groups in total. The van der Waals surface area contributed by atoms with Gasteiger partial charge < -0.3 is 15.5 Å². The fourth-order valence-corrected chi connectivity index (χ4v) is 2.93. The van der Waals surface area contributed by atoms with E-state index < -0.39 is 0 Å². The second-order valence-corrected chi connectivity index (χ2v) is 6.18. The summed E-state index contributed by atoms with van der Waals surface area (Å²) in [5.41, 5.74) is 1.95. The van der Waals surface area contributed by atoms with Crippen molar-refractivity contribution < 1.29 is 4.79 Å². The molecule has 0 aliphatic carbocycles. The lowest BCUT2D eigenvalue weighted by atomic mass is 9.97. The Balaban J connectivity index is 1.41. The Kier molecular flexibility index (Phi) is 5.25. The zero-order valence-corrected chi connectivity index (χ0v) is 13.9. The molecule has 1 aromatic heterocycles. The summed E-state index contributed by atoms with van der Waals surface area (Å²) < 4.78 is 0. The van der Waals surface area contributed by atoms with Crippen molar-refractivity contribution in [3.63, 3.8) is 0 Å². The third-order valence-corrected chi connectivity index (χ3v) is 4.28. The first-order chi connectivity index (χ1) is 11.7. The summed E-state index contributed by atoms with van der Waals surface area (Å²) in [4.78, 5) is 22.8. The Labute approximate surface area is 142 Å². The molecule has 6 nitrogen and oxygen atoms in total. The van der Waals surface area contributed by atoms with E-state index in [0.29, 0.717) is 12.5 Å². The number of benzene rings is 1. The molecule has 1 aliphatic rings. The lowest BCUT2D eigenvalue weighted by molar-refractivity contribution is 0.248. The number of piperidine rings is 1. The highest BCUT2D eigenvalue weighted by Crippen LogP contribution is 2.19. The molecule has 0 unspecified atom stereocenters. The number of aromatic nitrogens is 2. The SMILES string of the molecule is Cc1cccc(NC(=O)NCC2CCN(c3ncccn3)CC2)c1. The number of urea groups is 1. The zero-order valence-electron chi connectivity index (χ0n) is 13.9. The maximum absolute atomic E-state index is 12.0. The van der Waals surface area contributed by atoms with Gasteiger partial charge in [-0.15, -0.1) is 0 Å². The number of aryl methyl sites for hydroxylation is 1. The first kappa shape index (κ1) is 16.2. The summed E-state index contributed by atoms with van der Waals surface area (Å²) in [5.74, 6) is 1.29. The molecular weight excluding hydrogens is 302 g/mol. The normalized spacial score (nSPS) is 15.1. The van der Waals surface area contributed by atoms with Crippen LogP contribution in [-0.2, 0) is 0 Å². The van der Waals surface area contributed by atoms with Gasteiger partial charge in [0, 0.05) is 37.7 Å². The molecule has 0 spiro atoms. The van der Waals surface area contributed by atoms with Crippen LogP contribution < -0.4 is 15.5 Å². The minimum atomic E-state index is -0.144. The third kappa shape index (κ3) is 4.44. The van der Waals surface area contributed by atoms with Crippen LogP contribution >= 0.6 is 0 Å². The van der Waals surface area contributed by atoms with Gasteiger partial charge in [-0.3, -0.25) is 0 Å². The molecule has 2 amide bonds. The smallest absolute Gasteiger partial charge is 0.319 e. The highest BCUT2D eigenvalue weighted by Gasteiger charge is 2.21. The number of carbonyl (C=O) groups excluding carboxylic acids is 1. The number of rotatable bonds is 4. The molecule has 0 bridgehead atoms. The van der Waals surface area contributed by atoms with Crippen molar-refractivity contribution in [3.8, 4) is 0 Å². The van der Waals surface area contributed by atoms with Crippen LogP contribution in [0.15, 0.2) is 42.7 Å². The average Bonchev–Trinajstić information content (AvgIpc) is 2.61. The molecule has 0 radical (unpaired) electrons. The van der Waals surface area contributed by atoms with Crippen molar-refractivity contribution in [1.82, 2.24) is 15.3 Å². The molecule has 3 rings (SSSR count). The first-order valence-electron chi connectivity index (χ1n) is 8.34. The number of anilines is 2. The summed E-state index contributed by atoms with van der Waals surface area (Å²) in [6.45, 7) is 4.56. The maximum atomic E-state index is 12.0. The van der Waals surface area contributed by atoms with E-state index in [1.165, 1.54) is 0 Å². The predicted molar refractivity (Wildman–Crippen MR) is 95.2 cm³/mol. The minimum Gasteiger partial charge on any atom is -0.341 e. The number of hydrogen-bond donors (Lipinski definition) is 2. The van der Waals surface area contributed by atoms with Crippen molar-refractivity contribution in [1.29, 1.82) is 0 Å². The fraction of sp³-hybridized carbons (Fsp3) is 0.389. The molecule has 6 heteroatoms. The predicted octanol–water partition coefficient (Wildman–Crippen LogP) is 2.82. The molecule has 24 heavy (non-hydrogen) atoms. The molecule has 1 fully saturated rings. The lowest BCUT2D eigenvalue weighted by Gasteiger charge is -2.31. The number of carbonyl (C=O) groups is 1. The van der Waals surface area contributed by atoms with Gasteiger partial charge in [0.25, 0.3) is 0 Å². The van der Waals surface area contributed by atoms with Crippen LogP contribution in [0, 0.1) is 12.8 Å². The Morgan fingerprint density at radius 1 is 1.21 bits per heavy atom. The molecule has 126 valence electrons. The number of nitrogens with zero attached hydrogens (tertiary/aromatic N) is 3. The van der Waals surface area contributed by atoms with Crippen LogP contribution in [-0.4, -0.2) is 35.6 Å². The van der Waals surface area contributed by atoms with Gasteiger partial charge in [0.05, 0.1) is 0 Å². The lowest BCUT2D eigenvalue weighted by Crippen LogP contribution is -2.40. The fourth-order valence-electron chi connectivity index (χ4n) is 2.93. The quantitative estimate of drug-likeness (QED) is 0.907. The Bertz CT molecular complexity index is 668. The van der Waals surface area contributed by atoms with E-state index >= 15 is 0 Å². The first-order valence-corrected chi connectivity index (χ1v) is 8.34. The van der Waals surface area contributed by atoms with E-state index in [1.807, 2.05) is 37.3 Å². The van der Waals surface area contributed by atoms with Crippen LogP contribution in [0.1, 0.15) is 18.4 Å². The minimum absolute atomic E-state index is 0.144. The van der Waals surface area contributed by atoms with Gasteiger partial charge in [-0.25, -0.2) is 14.8 Å². The van der Waals surface area contributed by atoms with Gasteiger partial charge in [-0.1, -0.05) is 12.1 Å². The van der Waals surface area contributed by atoms with Crippen LogP contribution in [0.5, 0.6) is 0 Å². The molecule has 1 aliphatic heterocycles. The van der Waals surface area contributed by atoms with Gasteiger partial charge in [0.15, 0.2) is 0 Å². The Hall–Kier alpha value is -2.63. The topological polar surface area (TPSA) is 70.2 Å². The van der Waals surface area contributed by atoms with Gasteiger partial charge in [0.2, 0.25) is 5.95 Å². The number of hydrogen-bond acceptors (Lipinski definition) is 4. The van der Waals surface area contributed by atoms with Crippen LogP contribution in [0.2, 0.25) is 0 Å². The van der Waals surface area contributed by atoms with E-state index in [4.69, 9.17) is 0 Å². The molecular formula is C18H23N5O. The summed E-state index contributed by atoms with van der Waals surface area (Å²) in [7, 11) is 0. The molecule has 1 saturated heterocycles. The van der Waals surface area contributed by atoms with Gasteiger partial charge in [-0.05, 0) is 49.4 Å². The second-order valence-electron chi connectivity index (χ2n) is 6.18. The van der Waals surface area contributed by atoms with Gasteiger partial charge in [0.1, 0.15) is 0 Å². The van der Waals surface area contributed by atoms with Crippen LogP contribution in [0.4, 0.5) is 16.4 Å². The number of nitrogens with one attached hydrogen (secondary N) is 2. The highest BCUT2D eigenvalue weighted by molar-refractivity contribution is 5.89. The van der Waals surface area contributed by atoms with Crippen molar-refractivity contribution in [2.75, 3.05) is 29.9 Å². The molecule has 0 atom stereocenters. The van der Waals surface area contributed by atoms with E-state index in [0.717, 1.165) is 43.1 Å². The van der Waals surface area contributed by atoms with E-state index in [2.05, 4.69) is 25.5 Å². The van der Waals surface area contributed by atoms with Crippen molar-refractivity contribution >= 4 is 17.7 Å². The molecule has 2 aromatic rings. The molecule has 2 heterocycles.